The Morgan fingerprint density at radius 2 is 2.29 bits per heavy atom. The molecule has 1 N–H and O–H groups in total. The van der Waals surface area contributed by atoms with Gasteiger partial charge >= 0.3 is 0 Å². The van der Waals surface area contributed by atoms with Crippen molar-refractivity contribution in [2.75, 3.05) is 26.7 Å². The average molecular weight is 327 g/mol. The van der Waals surface area contributed by atoms with Crippen molar-refractivity contribution in [1.29, 1.82) is 0 Å². The molecule has 6 nitrogen and oxygen atoms in total. The van der Waals surface area contributed by atoms with Crippen molar-refractivity contribution < 1.29 is 4.79 Å². The summed E-state index contributed by atoms with van der Waals surface area (Å²) in [4.78, 5) is 19.3. The van der Waals surface area contributed by atoms with Crippen LogP contribution in [0.4, 0.5) is 0 Å². The number of nitrogens with zero attached hydrogens (tertiary/aromatic N) is 4. The molecule has 3 rings (SSSR count). The molecule has 6 heteroatoms. The second kappa shape index (κ2) is 7.57. The summed E-state index contributed by atoms with van der Waals surface area (Å²) >= 11 is 0. The monoisotopic (exact) mass is 327 g/mol. The Balaban J connectivity index is 1.84. The number of likely N-dealkylation sites (tertiary alicyclic amines) is 1. The highest BCUT2D eigenvalue weighted by atomic mass is 16.2. The van der Waals surface area contributed by atoms with Gasteiger partial charge in [0.25, 0.3) is 5.91 Å². The maximum atomic E-state index is 13.0. The number of carbonyl (C=O) groups is 1. The Kier molecular flexibility index (Phi) is 5.25. The lowest BCUT2D eigenvalue weighted by Crippen LogP contribution is -2.42. The van der Waals surface area contributed by atoms with Gasteiger partial charge in [-0.1, -0.05) is 13.0 Å². The molecule has 1 saturated heterocycles. The van der Waals surface area contributed by atoms with Gasteiger partial charge in [0, 0.05) is 19.3 Å². The first-order chi connectivity index (χ1) is 11.7. The number of carbonyl (C=O) groups excluding carboxylic acids is 1. The van der Waals surface area contributed by atoms with Crippen molar-refractivity contribution in [3.05, 3.63) is 41.9 Å². The van der Waals surface area contributed by atoms with E-state index in [1.807, 2.05) is 37.1 Å². The molecule has 3 heterocycles. The largest absolute Gasteiger partial charge is 0.338 e. The van der Waals surface area contributed by atoms with Crippen LogP contribution in [0.5, 0.6) is 0 Å². The SMILES string of the molecule is CCc1c(C(=O)N2CCC[C@@H](CNC)C2)cnn1-c1ccccn1. The normalized spacial score (nSPS) is 17.9. The summed E-state index contributed by atoms with van der Waals surface area (Å²) in [6.45, 7) is 4.65. The third kappa shape index (κ3) is 3.33. The van der Waals surface area contributed by atoms with Gasteiger partial charge in [-0.3, -0.25) is 4.79 Å². The van der Waals surface area contributed by atoms with E-state index in [2.05, 4.69) is 15.4 Å². The van der Waals surface area contributed by atoms with Crippen LogP contribution in [-0.4, -0.2) is 52.3 Å². The number of nitrogens with one attached hydrogen (secondary N) is 1. The lowest BCUT2D eigenvalue weighted by atomic mass is 9.97. The number of hydrogen-bond donors (Lipinski definition) is 1. The van der Waals surface area contributed by atoms with E-state index >= 15 is 0 Å². The molecule has 0 bridgehead atoms. The van der Waals surface area contributed by atoms with Crippen molar-refractivity contribution >= 4 is 5.91 Å². The fourth-order valence-electron chi connectivity index (χ4n) is 3.44. The van der Waals surface area contributed by atoms with Gasteiger partial charge in [0.15, 0.2) is 5.82 Å². The molecule has 0 radical (unpaired) electrons. The summed E-state index contributed by atoms with van der Waals surface area (Å²) < 4.78 is 1.78. The number of piperidine rings is 1. The molecular formula is C18H25N5O. The summed E-state index contributed by atoms with van der Waals surface area (Å²) in [7, 11) is 1.97. The van der Waals surface area contributed by atoms with Crippen molar-refractivity contribution in [3.63, 3.8) is 0 Å². The zero-order valence-electron chi connectivity index (χ0n) is 14.4. The van der Waals surface area contributed by atoms with Gasteiger partial charge < -0.3 is 10.2 Å². The second-order valence-corrected chi connectivity index (χ2v) is 6.28. The van der Waals surface area contributed by atoms with Gasteiger partial charge in [0.2, 0.25) is 0 Å². The number of amides is 1. The highest BCUT2D eigenvalue weighted by molar-refractivity contribution is 5.95. The molecular weight excluding hydrogens is 302 g/mol. The van der Waals surface area contributed by atoms with Gasteiger partial charge in [0.1, 0.15) is 0 Å². The van der Waals surface area contributed by atoms with Gasteiger partial charge in [-0.25, -0.2) is 9.67 Å². The van der Waals surface area contributed by atoms with Crippen molar-refractivity contribution in [1.82, 2.24) is 25.0 Å². The molecule has 1 amide bonds. The molecule has 0 aliphatic carbocycles. The number of rotatable bonds is 5. The fraction of sp³-hybridized carbons (Fsp3) is 0.500. The molecule has 0 spiro atoms. The molecule has 1 aliphatic heterocycles. The van der Waals surface area contributed by atoms with E-state index in [1.165, 1.54) is 6.42 Å². The molecule has 0 saturated carbocycles. The third-order valence-corrected chi connectivity index (χ3v) is 4.60. The highest BCUT2D eigenvalue weighted by Gasteiger charge is 2.27. The van der Waals surface area contributed by atoms with Crippen LogP contribution in [0.1, 0.15) is 35.8 Å². The predicted molar refractivity (Wildman–Crippen MR) is 93.3 cm³/mol. The molecule has 1 aliphatic rings. The zero-order chi connectivity index (χ0) is 16.9. The minimum atomic E-state index is 0.0924. The van der Waals surface area contributed by atoms with Crippen LogP contribution in [0.25, 0.3) is 5.82 Å². The Morgan fingerprint density at radius 3 is 3.00 bits per heavy atom. The van der Waals surface area contributed by atoms with Gasteiger partial charge in [-0.15, -0.1) is 0 Å². The lowest BCUT2D eigenvalue weighted by molar-refractivity contribution is 0.0673. The molecule has 1 fully saturated rings. The topological polar surface area (TPSA) is 63.1 Å². The van der Waals surface area contributed by atoms with Crippen LogP contribution in [0.15, 0.2) is 30.6 Å². The number of hydrogen-bond acceptors (Lipinski definition) is 4. The Morgan fingerprint density at radius 1 is 1.42 bits per heavy atom. The van der Waals surface area contributed by atoms with Crippen molar-refractivity contribution in [2.24, 2.45) is 5.92 Å². The summed E-state index contributed by atoms with van der Waals surface area (Å²) in [5.74, 6) is 1.37. The molecule has 24 heavy (non-hydrogen) atoms. The van der Waals surface area contributed by atoms with E-state index in [0.717, 1.165) is 44.0 Å². The summed E-state index contributed by atoms with van der Waals surface area (Å²) in [6.07, 6.45) is 6.42. The molecule has 2 aromatic heterocycles. The highest BCUT2D eigenvalue weighted by Crippen LogP contribution is 2.21. The van der Waals surface area contributed by atoms with E-state index in [9.17, 15) is 4.79 Å². The van der Waals surface area contributed by atoms with E-state index in [0.29, 0.717) is 11.5 Å². The lowest BCUT2D eigenvalue weighted by Gasteiger charge is -2.32. The van der Waals surface area contributed by atoms with E-state index in [4.69, 9.17) is 0 Å². The van der Waals surface area contributed by atoms with E-state index in [1.54, 1.807) is 17.1 Å². The predicted octanol–water partition coefficient (Wildman–Crippen LogP) is 1.90. The number of aromatic nitrogens is 3. The van der Waals surface area contributed by atoms with Gasteiger partial charge in [-0.2, -0.15) is 5.10 Å². The minimum Gasteiger partial charge on any atom is -0.338 e. The minimum absolute atomic E-state index is 0.0924. The third-order valence-electron chi connectivity index (χ3n) is 4.60. The summed E-state index contributed by atoms with van der Waals surface area (Å²) in [6, 6.07) is 5.71. The maximum absolute atomic E-state index is 13.0. The molecule has 2 aromatic rings. The van der Waals surface area contributed by atoms with E-state index < -0.39 is 0 Å². The Bertz CT molecular complexity index is 680. The summed E-state index contributed by atoms with van der Waals surface area (Å²) in [5, 5.41) is 7.64. The Hall–Kier alpha value is -2.21. The zero-order valence-corrected chi connectivity index (χ0v) is 14.4. The van der Waals surface area contributed by atoms with Gasteiger partial charge in [0.05, 0.1) is 17.5 Å². The quantitative estimate of drug-likeness (QED) is 0.911. The molecule has 0 unspecified atom stereocenters. The van der Waals surface area contributed by atoms with Crippen LogP contribution < -0.4 is 5.32 Å². The first kappa shape index (κ1) is 16.6. The molecule has 0 aromatic carbocycles. The first-order valence-corrected chi connectivity index (χ1v) is 8.66. The van der Waals surface area contributed by atoms with Crippen LogP contribution >= 0.6 is 0 Å². The Labute approximate surface area is 142 Å². The van der Waals surface area contributed by atoms with Crippen LogP contribution in [0.3, 0.4) is 0 Å². The number of pyridine rings is 1. The van der Waals surface area contributed by atoms with E-state index in [-0.39, 0.29) is 5.91 Å². The van der Waals surface area contributed by atoms with Crippen molar-refractivity contribution in [3.8, 4) is 5.82 Å². The van der Waals surface area contributed by atoms with Gasteiger partial charge in [-0.05, 0) is 50.9 Å². The maximum Gasteiger partial charge on any atom is 0.257 e. The average Bonchev–Trinajstić information content (AvgIpc) is 3.06. The fourth-order valence-corrected chi connectivity index (χ4v) is 3.44. The molecule has 1 atom stereocenters. The molecule has 128 valence electrons. The summed E-state index contributed by atoms with van der Waals surface area (Å²) in [5.41, 5.74) is 1.63. The standard InChI is InChI=1S/C18H25N5O/c1-3-16-15(12-21-23(16)17-8-4-5-9-20-17)18(24)22-10-6-7-14(13-22)11-19-2/h4-5,8-9,12,14,19H,3,6-7,10-11,13H2,1-2H3/t14-/m0/s1. The first-order valence-electron chi connectivity index (χ1n) is 8.66. The van der Waals surface area contributed by atoms with Crippen LogP contribution in [-0.2, 0) is 6.42 Å². The van der Waals surface area contributed by atoms with Crippen molar-refractivity contribution in [2.45, 2.75) is 26.2 Å². The van der Waals surface area contributed by atoms with Crippen LogP contribution in [0.2, 0.25) is 0 Å². The smallest absolute Gasteiger partial charge is 0.257 e. The second-order valence-electron chi connectivity index (χ2n) is 6.28. The van der Waals surface area contributed by atoms with Crippen LogP contribution in [0, 0.1) is 5.92 Å².